The fraction of sp³-hybridized carbons (Fsp3) is 0.417. The van der Waals surface area contributed by atoms with E-state index in [2.05, 4.69) is 5.32 Å². The van der Waals surface area contributed by atoms with E-state index in [1.165, 1.54) is 18.2 Å². The number of methoxy groups -OCH3 is 1. The Morgan fingerprint density at radius 3 is 2.58 bits per heavy atom. The maximum Gasteiger partial charge on any atom is 0.251 e. The summed E-state index contributed by atoms with van der Waals surface area (Å²) in [7, 11) is -2.20. The third-order valence-corrected chi connectivity index (χ3v) is 3.48. The number of aryl methyl sites for hydroxylation is 1. The summed E-state index contributed by atoms with van der Waals surface area (Å²) in [5, 5.41) is 7.78. The quantitative estimate of drug-likeness (QED) is 0.819. The Kier molecular flexibility index (Phi) is 5.04. The highest BCUT2D eigenvalue weighted by atomic mass is 32.2. The highest BCUT2D eigenvalue weighted by Crippen LogP contribution is 2.14. The molecule has 0 aliphatic rings. The molecule has 0 saturated carbocycles. The van der Waals surface area contributed by atoms with Gasteiger partial charge in [-0.05, 0) is 37.6 Å². The van der Waals surface area contributed by atoms with Crippen molar-refractivity contribution in [2.45, 2.75) is 24.8 Å². The molecule has 7 heteroatoms. The Labute approximate surface area is 113 Å². The molecule has 0 fully saturated rings. The number of amides is 1. The number of rotatable bonds is 5. The molecule has 19 heavy (non-hydrogen) atoms. The van der Waals surface area contributed by atoms with Gasteiger partial charge in [-0.25, -0.2) is 13.6 Å². The van der Waals surface area contributed by atoms with E-state index in [1.807, 2.05) is 6.92 Å². The van der Waals surface area contributed by atoms with Crippen LogP contribution in [0.1, 0.15) is 22.8 Å². The van der Waals surface area contributed by atoms with Gasteiger partial charge in [-0.1, -0.05) is 0 Å². The molecule has 0 radical (unpaired) electrons. The Morgan fingerprint density at radius 1 is 1.47 bits per heavy atom. The van der Waals surface area contributed by atoms with Crippen LogP contribution in [-0.4, -0.2) is 34.1 Å². The number of hydrogen-bond acceptors (Lipinski definition) is 4. The average molecular weight is 286 g/mol. The Morgan fingerprint density at radius 2 is 2.11 bits per heavy atom. The van der Waals surface area contributed by atoms with Crippen LogP contribution in [0.25, 0.3) is 0 Å². The summed E-state index contributed by atoms with van der Waals surface area (Å²) in [6, 6.07) is 4.02. The van der Waals surface area contributed by atoms with Crippen molar-refractivity contribution in [2.75, 3.05) is 13.7 Å². The van der Waals surface area contributed by atoms with Crippen molar-refractivity contribution in [1.82, 2.24) is 5.32 Å². The molecule has 0 bridgehead atoms. The minimum absolute atomic E-state index is 0.00788. The van der Waals surface area contributed by atoms with Gasteiger partial charge in [-0.3, -0.25) is 4.79 Å². The molecule has 1 aromatic carbocycles. The zero-order valence-corrected chi connectivity index (χ0v) is 12.0. The third kappa shape index (κ3) is 4.30. The number of primary sulfonamides is 1. The first kappa shape index (κ1) is 15.6. The smallest absolute Gasteiger partial charge is 0.251 e. The predicted molar refractivity (Wildman–Crippen MR) is 71.4 cm³/mol. The van der Waals surface area contributed by atoms with Crippen LogP contribution in [0.2, 0.25) is 0 Å². The molecule has 1 rings (SSSR count). The van der Waals surface area contributed by atoms with Crippen molar-refractivity contribution in [1.29, 1.82) is 0 Å². The lowest BCUT2D eigenvalue weighted by Crippen LogP contribution is -2.36. The molecule has 3 N–H and O–H groups in total. The van der Waals surface area contributed by atoms with Gasteiger partial charge in [0.15, 0.2) is 0 Å². The third-order valence-electron chi connectivity index (χ3n) is 2.57. The molecule has 0 saturated heterocycles. The van der Waals surface area contributed by atoms with Crippen molar-refractivity contribution in [3.8, 4) is 0 Å². The molecule has 6 nitrogen and oxygen atoms in total. The zero-order chi connectivity index (χ0) is 14.6. The van der Waals surface area contributed by atoms with Crippen LogP contribution >= 0.6 is 0 Å². The molecule has 1 aromatic rings. The SMILES string of the molecule is COCC(C)NC(=O)c1ccc(S(N)(=O)=O)cc1C. The van der Waals surface area contributed by atoms with Gasteiger partial charge in [0, 0.05) is 18.7 Å². The van der Waals surface area contributed by atoms with E-state index in [9.17, 15) is 13.2 Å². The van der Waals surface area contributed by atoms with Crippen LogP contribution in [-0.2, 0) is 14.8 Å². The van der Waals surface area contributed by atoms with Crippen LogP contribution < -0.4 is 10.5 Å². The van der Waals surface area contributed by atoms with E-state index in [1.54, 1.807) is 14.0 Å². The molecule has 0 spiro atoms. The maximum absolute atomic E-state index is 12.0. The topological polar surface area (TPSA) is 98.5 Å². The number of nitrogens with one attached hydrogen (secondary N) is 1. The molecule has 0 aliphatic carbocycles. The summed E-state index contributed by atoms with van der Waals surface area (Å²) in [6.07, 6.45) is 0. The van der Waals surface area contributed by atoms with E-state index >= 15 is 0 Å². The molecule has 1 amide bonds. The minimum Gasteiger partial charge on any atom is -0.383 e. The second kappa shape index (κ2) is 6.14. The number of carbonyl (C=O) groups is 1. The number of sulfonamides is 1. The number of carbonyl (C=O) groups excluding carboxylic acids is 1. The van der Waals surface area contributed by atoms with Crippen molar-refractivity contribution in [3.63, 3.8) is 0 Å². The fourth-order valence-electron chi connectivity index (χ4n) is 1.66. The monoisotopic (exact) mass is 286 g/mol. The van der Waals surface area contributed by atoms with Crippen molar-refractivity contribution >= 4 is 15.9 Å². The van der Waals surface area contributed by atoms with Gasteiger partial charge >= 0.3 is 0 Å². The van der Waals surface area contributed by atoms with E-state index in [-0.39, 0.29) is 16.8 Å². The lowest BCUT2D eigenvalue weighted by atomic mass is 10.1. The average Bonchev–Trinajstić information content (AvgIpc) is 2.27. The van der Waals surface area contributed by atoms with E-state index in [0.717, 1.165) is 0 Å². The van der Waals surface area contributed by atoms with E-state index < -0.39 is 10.0 Å². The summed E-state index contributed by atoms with van der Waals surface area (Å²) in [5.74, 6) is -0.275. The van der Waals surface area contributed by atoms with Gasteiger partial charge < -0.3 is 10.1 Å². The standard InChI is InChI=1S/C12H18N2O4S/c1-8-6-10(19(13,16)17)4-5-11(8)12(15)14-9(2)7-18-3/h4-6,9H,7H2,1-3H3,(H,14,15)(H2,13,16,17). The molecule has 0 aliphatic heterocycles. The highest BCUT2D eigenvalue weighted by molar-refractivity contribution is 7.89. The summed E-state index contributed by atoms with van der Waals surface area (Å²) in [4.78, 5) is 12.0. The first-order valence-electron chi connectivity index (χ1n) is 5.69. The second-order valence-corrected chi connectivity index (χ2v) is 5.91. The molecule has 0 heterocycles. The van der Waals surface area contributed by atoms with Gasteiger partial charge in [0.05, 0.1) is 11.5 Å². The first-order valence-corrected chi connectivity index (χ1v) is 7.23. The second-order valence-electron chi connectivity index (χ2n) is 4.35. The first-order chi connectivity index (χ1) is 8.75. The number of benzene rings is 1. The molecular weight excluding hydrogens is 268 g/mol. The van der Waals surface area contributed by atoms with E-state index in [0.29, 0.717) is 17.7 Å². The predicted octanol–water partition coefficient (Wildman–Crippen LogP) is 0.407. The number of ether oxygens (including phenoxy) is 1. The van der Waals surface area contributed by atoms with Crippen molar-refractivity contribution in [3.05, 3.63) is 29.3 Å². The summed E-state index contributed by atoms with van der Waals surface area (Å²) >= 11 is 0. The maximum atomic E-state index is 12.0. The lowest BCUT2D eigenvalue weighted by Gasteiger charge is -2.14. The lowest BCUT2D eigenvalue weighted by molar-refractivity contribution is 0.0905. The van der Waals surface area contributed by atoms with Crippen molar-refractivity contribution in [2.24, 2.45) is 5.14 Å². The van der Waals surface area contributed by atoms with Crippen LogP contribution in [0, 0.1) is 6.92 Å². The number of nitrogens with two attached hydrogens (primary N) is 1. The Hall–Kier alpha value is -1.44. The highest BCUT2D eigenvalue weighted by Gasteiger charge is 2.15. The molecule has 1 unspecified atom stereocenters. The fourth-order valence-corrected chi connectivity index (χ4v) is 2.26. The van der Waals surface area contributed by atoms with Gasteiger partial charge in [-0.15, -0.1) is 0 Å². The molecule has 0 aromatic heterocycles. The molecule has 1 atom stereocenters. The van der Waals surface area contributed by atoms with Gasteiger partial charge in [0.2, 0.25) is 10.0 Å². The Balaban J connectivity index is 2.94. The van der Waals surface area contributed by atoms with Crippen LogP contribution in [0.3, 0.4) is 0 Å². The van der Waals surface area contributed by atoms with Crippen LogP contribution in [0.5, 0.6) is 0 Å². The minimum atomic E-state index is -3.75. The van der Waals surface area contributed by atoms with Gasteiger partial charge in [0.25, 0.3) is 5.91 Å². The zero-order valence-electron chi connectivity index (χ0n) is 11.1. The molecular formula is C12H18N2O4S. The summed E-state index contributed by atoms with van der Waals surface area (Å²) in [5.41, 5.74) is 0.962. The van der Waals surface area contributed by atoms with Crippen LogP contribution in [0.4, 0.5) is 0 Å². The summed E-state index contributed by atoms with van der Waals surface area (Å²) in [6.45, 7) is 3.88. The summed E-state index contributed by atoms with van der Waals surface area (Å²) < 4.78 is 27.3. The Bertz CT molecular complexity index is 569. The van der Waals surface area contributed by atoms with E-state index in [4.69, 9.17) is 9.88 Å². The van der Waals surface area contributed by atoms with Crippen LogP contribution in [0.15, 0.2) is 23.1 Å². The largest absolute Gasteiger partial charge is 0.383 e. The van der Waals surface area contributed by atoms with Crippen molar-refractivity contribution < 1.29 is 17.9 Å². The van der Waals surface area contributed by atoms with Gasteiger partial charge in [0.1, 0.15) is 0 Å². The molecule has 106 valence electrons. The number of hydrogen-bond donors (Lipinski definition) is 2. The van der Waals surface area contributed by atoms with Gasteiger partial charge in [-0.2, -0.15) is 0 Å². The normalized spacial score (nSPS) is 13.1.